The van der Waals surface area contributed by atoms with Gasteiger partial charge in [0.1, 0.15) is 0 Å². The first-order valence-electron chi connectivity index (χ1n) is 4.84. The number of benzene rings is 1. The second-order valence-corrected chi connectivity index (χ2v) is 3.31. The summed E-state index contributed by atoms with van der Waals surface area (Å²) in [4.78, 5) is 13.2. The molecule has 0 radical (unpaired) electrons. The van der Waals surface area contributed by atoms with E-state index in [2.05, 4.69) is 0 Å². The van der Waals surface area contributed by atoms with Crippen molar-refractivity contribution < 1.29 is 19.7 Å². The van der Waals surface area contributed by atoms with Gasteiger partial charge in [0.05, 0.1) is 19.3 Å². The lowest BCUT2D eigenvalue weighted by atomic mass is 10.1. The second-order valence-electron chi connectivity index (χ2n) is 3.31. The summed E-state index contributed by atoms with van der Waals surface area (Å²) >= 11 is 0. The molecule has 0 bridgehead atoms. The van der Waals surface area contributed by atoms with Crippen LogP contribution in [0.1, 0.15) is 10.4 Å². The van der Waals surface area contributed by atoms with Crippen LogP contribution in [0, 0.1) is 0 Å². The van der Waals surface area contributed by atoms with E-state index in [9.17, 15) is 9.90 Å². The van der Waals surface area contributed by atoms with Crippen molar-refractivity contribution in [2.24, 2.45) is 0 Å². The molecular formula is C11H15NO4. The Kier molecular flexibility index (Phi) is 4.13. The lowest BCUT2D eigenvalue weighted by molar-refractivity contribution is 0.0763. The van der Waals surface area contributed by atoms with Crippen LogP contribution in [0.25, 0.3) is 0 Å². The van der Waals surface area contributed by atoms with Crippen LogP contribution >= 0.6 is 0 Å². The fourth-order valence-electron chi connectivity index (χ4n) is 1.32. The number of aliphatic hydroxyl groups is 1. The molecule has 0 heterocycles. The molecular weight excluding hydrogens is 210 g/mol. The summed E-state index contributed by atoms with van der Waals surface area (Å²) in [5.41, 5.74) is 0.162. The summed E-state index contributed by atoms with van der Waals surface area (Å²) in [6.07, 6.45) is 0. The first-order valence-corrected chi connectivity index (χ1v) is 4.84. The Labute approximate surface area is 93.9 Å². The lowest BCUT2D eigenvalue weighted by Crippen LogP contribution is -2.29. The van der Waals surface area contributed by atoms with Gasteiger partial charge >= 0.3 is 0 Å². The molecule has 16 heavy (non-hydrogen) atoms. The number of phenols is 1. The number of carbonyl (C=O) groups is 1. The van der Waals surface area contributed by atoms with Gasteiger partial charge < -0.3 is 19.8 Å². The van der Waals surface area contributed by atoms with Gasteiger partial charge in [0.25, 0.3) is 5.91 Å². The van der Waals surface area contributed by atoms with Crippen molar-refractivity contribution in [3.05, 3.63) is 23.8 Å². The Bertz CT molecular complexity index is 378. The van der Waals surface area contributed by atoms with Gasteiger partial charge in [-0.25, -0.2) is 0 Å². The topological polar surface area (TPSA) is 70.0 Å². The van der Waals surface area contributed by atoms with Crippen LogP contribution in [-0.4, -0.2) is 48.3 Å². The van der Waals surface area contributed by atoms with E-state index in [1.54, 1.807) is 19.2 Å². The van der Waals surface area contributed by atoms with Crippen LogP contribution in [0.3, 0.4) is 0 Å². The van der Waals surface area contributed by atoms with E-state index in [4.69, 9.17) is 9.84 Å². The van der Waals surface area contributed by atoms with E-state index in [-0.39, 0.29) is 36.1 Å². The van der Waals surface area contributed by atoms with Gasteiger partial charge in [-0.3, -0.25) is 4.79 Å². The smallest absolute Gasteiger partial charge is 0.257 e. The Morgan fingerprint density at radius 3 is 2.75 bits per heavy atom. The predicted octanol–water partition coefficient (Wildman–Crippen LogP) is 0.465. The first kappa shape index (κ1) is 12.3. The highest BCUT2D eigenvalue weighted by Crippen LogP contribution is 2.29. The molecule has 0 spiro atoms. The third-order valence-corrected chi connectivity index (χ3v) is 2.23. The van der Waals surface area contributed by atoms with Crippen molar-refractivity contribution in [1.82, 2.24) is 4.90 Å². The minimum atomic E-state index is -0.356. The molecule has 2 N–H and O–H groups in total. The number of nitrogens with zero attached hydrogens (tertiary/aromatic N) is 1. The maximum atomic E-state index is 11.8. The minimum Gasteiger partial charge on any atom is -0.504 e. The van der Waals surface area contributed by atoms with Crippen molar-refractivity contribution in [3.63, 3.8) is 0 Å². The number of hydrogen-bond donors (Lipinski definition) is 2. The number of para-hydroxylation sites is 1. The summed E-state index contributed by atoms with van der Waals surface area (Å²) in [5.74, 6) is -0.284. The molecule has 88 valence electrons. The Morgan fingerprint density at radius 1 is 1.50 bits per heavy atom. The highest BCUT2D eigenvalue weighted by Gasteiger charge is 2.17. The van der Waals surface area contributed by atoms with Gasteiger partial charge in [0.15, 0.2) is 11.5 Å². The Balaban J connectivity index is 2.99. The predicted molar refractivity (Wildman–Crippen MR) is 58.7 cm³/mol. The SMILES string of the molecule is COc1cccc(C(=O)N(C)CCO)c1O. The molecule has 1 amide bonds. The number of carbonyl (C=O) groups excluding carboxylic acids is 1. The number of aliphatic hydroxyl groups excluding tert-OH is 1. The third-order valence-electron chi connectivity index (χ3n) is 2.23. The molecule has 0 aliphatic heterocycles. The molecule has 0 aliphatic carbocycles. The van der Waals surface area contributed by atoms with Gasteiger partial charge in [-0.2, -0.15) is 0 Å². The summed E-state index contributed by atoms with van der Waals surface area (Å²) in [6.45, 7) is 0.0997. The lowest BCUT2D eigenvalue weighted by Gasteiger charge is -2.17. The maximum absolute atomic E-state index is 11.8. The zero-order valence-corrected chi connectivity index (χ0v) is 9.30. The normalized spacial score (nSPS) is 9.94. The molecule has 0 aliphatic rings. The monoisotopic (exact) mass is 225 g/mol. The molecule has 0 aromatic heterocycles. The fourth-order valence-corrected chi connectivity index (χ4v) is 1.32. The average Bonchev–Trinajstić information content (AvgIpc) is 2.29. The zero-order valence-electron chi connectivity index (χ0n) is 9.30. The van der Waals surface area contributed by atoms with Gasteiger partial charge in [0.2, 0.25) is 0 Å². The van der Waals surface area contributed by atoms with Crippen molar-refractivity contribution in [1.29, 1.82) is 0 Å². The number of amides is 1. The molecule has 5 heteroatoms. The van der Waals surface area contributed by atoms with Crippen molar-refractivity contribution in [2.45, 2.75) is 0 Å². The number of hydrogen-bond acceptors (Lipinski definition) is 4. The summed E-state index contributed by atoms with van der Waals surface area (Å²) in [7, 11) is 2.97. The van der Waals surface area contributed by atoms with E-state index in [1.807, 2.05) is 0 Å². The molecule has 1 rings (SSSR count). The fraction of sp³-hybridized carbons (Fsp3) is 0.364. The summed E-state index contributed by atoms with van der Waals surface area (Å²) in [5, 5.41) is 18.5. The molecule has 1 aromatic carbocycles. The van der Waals surface area contributed by atoms with Crippen LogP contribution in [0.2, 0.25) is 0 Å². The van der Waals surface area contributed by atoms with E-state index in [1.165, 1.54) is 18.1 Å². The summed E-state index contributed by atoms with van der Waals surface area (Å²) in [6, 6.07) is 4.70. The largest absolute Gasteiger partial charge is 0.504 e. The van der Waals surface area contributed by atoms with Crippen LogP contribution in [0.5, 0.6) is 11.5 Å². The van der Waals surface area contributed by atoms with E-state index in [0.717, 1.165) is 0 Å². The molecule has 1 aromatic rings. The number of aromatic hydroxyl groups is 1. The van der Waals surface area contributed by atoms with Crippen molar-refractivity contribution >= 4 is 5.91 Å². The molecule has 0 saturated carbocycles. The molecule has 0 fully saturated rings. The van der Waals surface area contributed by atoms with Crippen LogP contribution in [0.4, 0.5) is 0 Å². The first-order chi connectivity index (χ1) is 7.61. The Hall–Kier alpha value is -1.75. The summed E-state index contributed by atoms with van der Waals surface area (Å²) < 4.78 is 4.91. The minimum absolute atomic E-state index is 0.118. The van der Waals surface area contributed by atoms with Crippen molar-refractivity contribution in [2.75, 3.05) is 27.3 Å². The van der Waals surface area contributed by atoms with E-state index < -0.39 is 0 Å². The highest BCUT2D eigenvalue weighted by molar-refractivity contribution is 5.97. The molecule has 0 unspecified atom stereocenters. The van der Waals surface area contributed by atoms with Crippen LogP contribution in [-0.2, 0) is 0 Å². The van der Waals surface area contributed by atoms with Crippen molar-refractivity contribution in [3.8, 4) is 11.5 Å². The van der Waals surface area contributed by atoms with Crippen LogP contribution in [0.15, 0.2) is 18.2 Å². The Morgan fingerprint density at radius 2 is 2.19 bits per heavy atom. The number of rotatable bonds is 4. The van der Waals surface area contributed by atoms with Crippen LogP contribution < -0.4 is 4.74 Å². The number of likely N-dealkylation sites (N-methyl/N-ethyl adjacent to an activating group) is 1. The standard InChI is InChI=1S/C11H15NO4/c1-12(6-7-13)11(15)8-4-3-5-9(16-2)10(8)14/h3-5,13-14H,6-7H2,1-2H3. The van der Waals surface area contributed by atoms with Gasteiger partial charge in [-0.1, -0.05) is 6.07 Å². The highest BCUT2D eigenvalue weighted by atomic mass is 16.5. The van der Waals surface area contributed by atoms with E-state index >= 15 is 0 Å². The number of methoxy groups -OCH3 is 1. The quantitative estimate of drug-likeness (QED) is 0.781. The number of ether oxygens (including phenoxy) is 1. The second kappa shape index (κ2) is 5.37. The maximum Gasteiger partial charge on any atom is 0.257 e. The van der Waals surface area contributed by atoms with Gasteiger partial charge in [-0.15, -0.1) is 0 Å². The molecule has 5 nitrogen and oxygen atoms in total. The molecule has 0 saturated heterocycles. The third kappa shape index (κ3) is 2.43. The van der Waals surface area contributed by atoms with Gasteiger partial charge in [-0.05, 0) is 12.1 Å². The zero-order chi connectivity index (χ0) is 12.1. The average molecular weight is 225 g/mol. The van der Waals surface area contributed by atoms with Gasteiger partial charge in [0, 0.05) is 13.6 Å². The van der Waals surface area contributed by atoms with E-state index in [0.29, 0.717) is 0 Å². The number of phenolic OH excluding ortho intramolecular Hbond substituents is 1. The molecule has 0 atom stereocenters.